The summed E-state index contributed by atoms with van der Waals surface area (Å²) in [4.78, 5) is 11.5. The van der Waals surface area contributed by atoms with E-state index >= 15 is 0 Å². The van der Waals surface area contributed by atoms with E-state index in [9.17, 15) is 24.5 Å². The molecule has 1 aromatic rings. The van der Waals surface area contributed by atoms with Crippen LogP contribution in [-0.2, 0) is 4.79 Å². The van der Waals surface area contributed by atoms with E-state index in [0.717, 1.165) is 12.1 Å². The molecule has 1 aliphatic heterocycles. The Bertz CT molecular complexity index is 720. The summed E-state index contributed by atoms with van der Waals surface area (Å²) >= 11 is 0. The molecule has 0 amide bonds. The number of nitrogens with one attached hydrogen (secondary N) is 2. The maximum Gasteiger partial charge on any atom is 0.313 e. The first-order chi connectivity index (χ1) is 12.3. The van der Waals surface area contributed by atoms with Crippen molar-refractivity contribution in [3.8, 4) is 0 Å². The van der Waals surface area contributed by atoms with E-state index in [1.54, 1.807) is 7.05 Å². The molecule has 9 heteroatoms. The lowest BCUT2D eigenvalue weighted by Gasteiger charge is -2.21. The predicted octanol–water partition coefficient (Wildman–Crippen LogP) is 0.486. The predicted molar refractivity (Wildman–Crippen MR) is 93.2 cm³/mol. The molecule has 3 unspecified atom stereocenters. The smallest absolute Gasteiger partial charge is 0.313 e. The molecule has 1 aromatic carbocycles. The first kappa shape index (κ1) is 19.6. The second-order valence-corrected chi connectivity index (χ2v) is 5.85. The van der Waals surface area contributed by atoms with Crippen molar-refractivity contribution >= 4 is 11.8 Å². The number of nitrogens with zero attached hydrogens (tertiary/aromatic N) is 2. The van der Waals surface area contributed by atoms with Crippen molar-refractivity contribution in [3.63, 3.8) is 0 Å². The van der Waals surface area contributed by atoms with Gasteiger partial charge < -0.3 is 15.3 Å². The highest BCUT2D eigenvalue weighted by molar-refractivity contribution is 6.00. The number of aliphatic carboxylic acids is 1. The first-order valence-electron chi connectivity index (χ1n) is 7.83. The number of hydrogen-bond donors (Lipinski definition) is 5. The molecule has 3 atom stereocenters. The largest absolute Gasteiger partial charge is 0.481 e. The fraction of sp³-hybridized carbons (Fsp3) is 0.294. The summed E-state index contributed by atoms with van der Waals surface area (Å²) in [7, 11) is 1.71. The number of hydrogen-bond acceptors (Lipinski definition) is 7. The van der Waals surface area contributed by atoms with Crippen molar-refractivity contribution in [3.05, 3.63) is 60.0 Å². The lowest BCUT2D eigenvalue weighted by atomic mass is 9.90. The van der Waals surface area contributed by atoms with Crippen molar-refractivity contribution in [2.75, 3.05) is 7.05 Å². The van der Waals surface area contributed by atoms with Gasteiger partial charge in [-0.05, 0) is 17.7 Å². The van der Waals surface area contributed by atoms with Crippen LogP contribution in [-0.4, -0.2) is 51.5 Å². The lowest BCUT2D eigenvalue weighted by molar-refractivity contribution is -0.142. The highest BCUT2D eigenvalue weighted by Crippen LogP contribution is 2.24. The molecular formula is C17H21FN4O4. The van der Waals surface area contributed by atoms with Gasteiger partial charge >= 0.3 is 5.97 Å². The van der Waals surface area contributed by atoms with Gasteiger partial charge in [0.15, 0.2) is 5.84 Å². The van der Waals surface area contributed by atoms with Crippen LogP contribution in [0.4, 0.5) is 4.39 Å². The van der Waals surface area contributed by atoms with Gasteiger partial charge in [0, 0.05) is 19.0 Å². The molecule has 0 saturated heterocycles. The summed E-state index contributed by atoms with van der Waals surface area (Å²) in [5.41, 5.74) is 6.24. The van der Waals surface area contributed by atoms with Crippen LogP contribution in [0.15, 0.2) is 53.7 Å². The zero-order valence-corrected chi connectivity index (χ0v) is 14.1. The number of benzene rings is 1. The molecule has 2 rings (SSSR count). The number of carboxylic acid groups (broad SMARTS) is 1. The molecule has 0 aliphatic carbocycles. The Morgan fingerprint density at radius 1 is 1.38 bits per heavy atom. The Labute approximate surface area is 149 Å². The number of amidine groups is 1. The Morgan fingerprint density at radius 2 is 2.04 bits per heavy atom. The molecule has 1 heterocycles. The summed E-state index contributed by atoms with van der Waals surface area (Å²) in [6, 6.07) is 4.85. The molecule has 5 N–H and O–H groups in total. The number of aliphatic hydroxyl groups excluding tert-OH is 2. The number of hydrazone groups is 1. The summed E-state index contributed by atoms with van der Waals surface area (Å²) < 4.78 is 13.0. The van der Waals surface area contributed by atoms with E-state index in [2.05, 4.69) is 22.6 Å². The summed E-state index contributed by atoms with van der Waals surface area (Å²) in [6.45, 7) is 3.79. The van der Waals surface area contributed by atoms with Crippen LogP contribution in [0.25, 0.3) is 0 Å². The minimum Gasteiger partial charge on any atom is -0.481 e. The fourth-order valence-corrected chi connectivity index (χ4v) is 2.45. The molecule has 0 aromatic heterocycles. The zero-order valence-electron chi connectivity index (χ0n) is 14.1. The van der Waals surface area contributed by atoms with Crippen molar-refractivity contribution < 1.29 is 24.5 Å². The summed E-state index contributed by atoms with van der Waals surface area (Å²) in [6.07, 6.45) is 0.225. The van der Waals surface area contributed by atoms with Gasteiger partial charge in [0.05, 0.1) is 12.2 Å². The van der Waals surface area contributed by atoms with Gasteiger partial charge in [0.2, 0.25) is 0 Å². The molecule has 0 bridgehead atoms. The van der Waals surface area contributed by atoms with Crippen molar-refractivity contribution in [1.29, 1.82) is 0 Å². The van der Waals surface area contributed by atoms with Crippen LogP contribution in [0.1, 0.15) is 17.9 Å². The van der Waals surface area contributed by atoms with Gasteiger partial charge in [-0.3, -0.25) is 10.2 Å². The second-order valence-electron chi connectivity index (χ2n) is 5.85. The molecule has 0 spiro atoms. The molecule has 8 nitrogen and oxygen atoms in total. The number of aliphatic hydroxyl groups is 2. The highest BCUT2D eigenvalue weighted by Gasteiger charge is 2.29. The standard InChI is InChI=1S/C17H21FN4O4/c1-10(16-19-21-22(2)20-16)3-8-13(23)9-14(24)15(17(25)26)11-4-6-12(18)7-5-11/h3-8,13-15,21,23-24H,1,9H2,2H3,(H,19,20)(H,25,26). The van der Waals surface area contributed by atoms with Crippen LogP contribution in [0.2, 0.25) is 0 Å². The lowest BCUT2D eigenvalue weighted by Crippen LogP contribution is -2.37. The third-order valence-electron chi connectivity index (χ3n) is 3.77. The first-order valence-corrected chi connectivity index (χ1v) is 7.83. The number of carboxylic acids is 1. The highest BCUT2D eigenvalue weighted by atomic mass is 19.1. The number of rotatable bonds is 8. The molecule has 140 valence electrons. The van der Waals surface area contributed by atoms with Crippen LogP contribution in [0.5, 0.6) is 0 Å². The maximum absolute atomic E-state index is 13.0. The molecule has 0 fully saturated rings. The van der Waals surface area contributed by atoms with E-state index in [0.29, 0.717) is 11.4 Å². The van der Waals surface area contributed by atoms with E-state index in [4.69, 9.17) is 0 Å². The zero-order chi connectivity index (χ0) is 19.3. The molecule has 0 saturated carbocycles. The van der Waals surface area contributed by atoms with E-state index in [-0.39, 0.29) is 12.0 Å². The average molecular weight is 364 g/mol. The quantitative estimate of drug-likeness (QED) is 0.426. The monoisotopic (exact) mass is 364 g/mol. The average Bonchev–Trinajstić information content (AvgIpc) is 3.01. The van der Waals surface area contributed by atoms with Crippen molar-refractivity contribution in [2.24, 2.45) is 5.10 Å². The van der Waals surface area contributed by atoms with Crippen molar-refractivity contribution in [1.82, 2.24) is 16.1 Å². The van der Waals surface area contributed by atoms with Gasteiger partial charge in [0.1, 0.15) is 11.7 Å². The van der Waals surface area contributed by atoms with Crippen LogP contribution < -0.4 is 11.0 Å². The second kappa shape index (κ2) is 8.56. The number of hydrazine groups is 2. The van der Waals surface area contributed by atoms with Gasteiger partial charge in [-0.1, -0.05) is 30.9 Å². The topological polar surface area (TPSA) is 117 Å². The van der Waals surface area contributed by atoms with Crippen molar-refractivity contribution in [2.45, 2.75) is 24.5 Å². The summed E-state index contributed by atoms with van der Waals surface area (Å²) in [5, 5.41) is 35.1. The minimum absolute atomic E-state index is 0.212. The van der Waals surface area contributed by atoms with E-state index < -0.39 is 29.9 Å². The molecule has 26 heavy (non-hydrogen) atoms. The van der Waals surface area contributed by atoms with Crippen LogP contribution >= 0.6 is 0 Å². The maximum atomic E-state index is 13.0. The van der Waals surface area contributed by atoms with Gasteiger partial charge in [-0.25, -0.2) is 9.93 Å². The SMILES string of the molecule is C=C(C=CC(O)CC(O)C(C(=O)O)c1ccc(F)cc1)C1=NNN(C)N1. The van der Waals surface area contributed by atoms with E-state index in [1.807, 2.05) is 0 Å². The Balaban J connectivity index is 1.98. The fourth-order valence-electron chi connectivity index (χ4n) is 2.45. The third-order valence-corrected chi connectivity index (χ3v) is 3.77. The van der Waals surface area contributed by atoms with Gasteiger partial charge in [-0.2, -0.15) is 0 Å². The summed E-state index contributed by atoms with van der Waals surface area (Å²) in [5.74, 6) is -2.58. The number of halogens is 1. The minimum atomic E-state index is -1.36. The normalized spacial score (nSPS) is 17.9. The van der Waals surface area contributed by atoms with Crippen LogP contribution in [0, 0.1) is 5.82 Å². The molecule has 1 aliphatic rings. The Kier molecular flexibility index (Phi) is 6.45. The van der Waals surface area contributed by atoms with Gasteiger partial charge in [-0.15, -0.1) is 10.2 Å². The number of carbonyl (C=O) groups is 1. The van der Waals surface area contributed by atoms with E-state index in [1.165, 1.54) is 29.4 Å². The Morgan fingerprint density at radius 3 is 2.58 bits per heavy atom. The molecule has 0 radical (unpaired) electrons. The molecular weight excluding hydrogens is 343 g/mol. The Hall–Kier alpha value is -2.75. The van der Waals surface area contributed by atoms with Gasteiger partial charge in [0.25, 0.3) is 0 Å². The third kappa shape index (κ3) is 5.12. The van der Waals surface area contributed by atoms with Crippen LogP contribution in [0.3, 0.4) is 0 Å².